The maximum Gasteiger partial charge on any atom is 0.147 e. The first kappa shape index (κ1) is 12.1. The molecule has 0 fully saturated rings. The standard InChI is InChI=1S/C15H19N3O/c1-15(2,3)17-14-13(11-7-6-10-19-11)16-12-8-4-5-9-18(12)14/h4-6,8-11,17H,7H2,1-3H3. The zero-order valence-electron chi connectivity index (χ0n) is 11.6. The Morgan fingerprint density at radius 2 is 2.21 bits per heavy atom. The summed E-state index contributed by atoms with van der Waals surface area (Å²) < 4.78 is 7.71. The topological polar surface area (TPSA) is 38.6 Å². The molecule has 1 aliphatic heterocycles. The number of pyridine rings is 1. The van der Waals surface area contributed by atoms with Gasteiger partial charge in [-0.1, -0.05) is 6.07 Å². The number of anilines is 1. The summed E-state index contributed by atoms with van der Waals surface area (Å²) in [6.45, 7) is 6.44. The van der Waals surface area contributed by atoms with Gasteiger partial charge in [0.2, 0.25) is 0 Å². The van der Waals surface area contributed by atoms with Crippen molar-refractivity contribution in [2.45, 2.75) is 38.8 Å². The Balaban J connectivity index is 2.11. The summed E-state index contributed by atoms with van der Waals surface area (Å²) in [5, 5.41) is 3.54. The van der Waals surface area contributed by atoms with Gasteiger partial charge in [0.25, 0.3) is 0 Å². The Morgan fingerprint density at radius 3 is 2.89 bits per heavy atom. The van der Waals surface area contributed by atoms with Crippen molar-refractivity contribution < 1.29 is 4.74 Å². The van der Waals surface area contributed by atoms with Gasteiger partial charge in [0.15, 0.2) is 0 Å². The molecule has 3 rings (SSSR count). The van der Waals surface area contributed by atoms with Crippen LogP contribution in [0.4, 0.5) is 5.82 Å². The number of rotatable bonds is 2. The molecule has 1 aliphatic rings. The van der Waals surface area contributed by atoms with E-state index >= 15 is 0 Å². The number of hydrogen-bond acceptors (Lipinski definition) is 3. The molecule has 1 unspecified atom stereocenters. The van der Waals surface area contributed by atoms with Crippen LogP contribution in [0.5, 0.6) is 0 Å². The number of aromatic nitrogens is 2. The smallest absolute Gasteiger partial charge is 0.147 e. The molecule has 3 heterocycles. The molecule has 1 N–H and O–H groups in total. The van der Waals surface area contributed by atoms with E-state index in [1.165, 1.54) is 0 Å². The van der Waals surface area contributed by atoms with Crippen LogP contribution in [0.3, 0.4) is 0 Å². The normalized spacial score (nSPS) is 18.8. The molecular formula is C15H19N3O. The van der Waals surface area contributed by atoms with Crippen molar-refractivity contribution in [3.63, 3.8) is 0 Å². The molecule has 0 radical (unpaired) electrons. The van der Waals surface area contributed by atoms with Crippen molar-refractivity contribution in [3.05, 3.63) is 42.4 Å². The number of nitrogens with zero attached hydrogens (tertiary/aromatic N) is 2. The average Bonchev–Trinajstić information content (AvgIpc) is 2.95. The van der Waals surface area contributed by atoms with Crippen molar-refractivity contribution in [1.29, 1.82) is 0 Å². The van der Waals surface area contributed by atoms with Crippen LogP contribution in [0.25, 0.3) is 5.65 Å². The molecular weight excluding hydrogens is 238 g/mol. The van der Waals surface area contributed by atoms with E-state index in [4.69, 9.17) is 9.72 Å². The Kier molecular flexibility index (Phi) is 2.73. The zero-order chi connectivity index (χ0) is 13.5. The molecule has 0 aromatic carbocycles. The van der Waals surface area contributed by atoms with E-state index in [1.54, 1.807) is 6.26 Å². The second-order valence-electron chi connectivity index (χ2n) is 5.88. The van der Waals surface area contributed by atoms with E-state index in [0.29, 0.717) is 0 Å². The van der Waals surface area contributed by atoms with E-state index in [9.17, 15) is 0 Å². The number of fused-ring (bicyclic) bond motifs is 1. The van der Waals surface area contributed by atoms with Gasteiger partial charge in [-0.05, 0) is 39.0 Å². The highest BCUT2D eigenvalue weighted by atomic mass is 16.5. The fourth-order valence-corrected chi connectivity index (χ4v) is 2.28. The molecule has 0 spiro atoms. The minimum atomic E-state index is -0.0212. The van der Waals surface area contributed by atoms with Crippen LogP contribution in [-0.4, -0.2) is 14.9 Å². The van der Waals surface area contributed by atoms with Crippen LogP contribution in [0.2, 0.25) is 0 Å². The van der Waals surface area contributed by atoms with Crippen LogP contribution in [0.15, 0.2) is 36.7 Å². The van der Waals surface area contributed by atoms with Gasteiger partial charge in [0.05, 0.1) is 6.26 Å². The Morgan fingerprint density at radius 1 is 1.37 bits per heavy atom. The second kappa shape index (κ2) is 4.30. The highest BCUT2D eigenvalue weighted by Crippen LogP contribution is 2.33. The Labute approximate surface area is 113 Å². The van der Waals surface area contributed by atoms with Gasteiger partial charge < -0.3 is 10.1 Å². The van der Waals surface area contributed by atoms with Gasteiger partial charge in [-0.2, -0.15) is 0 Å². The molecule has 100 valence electrons. The van der Waals surface area contributed by atoms with Crippen LogP contribution in [-0.2, 0) is 4.74 Å². The quantitative estimate of drug-likeness (QED) is 0.894. The van der Waals surface area contributed by atoms with E-state index in [0.717, 1.165) is 23.6 Å². The fourth-order valence-electron chi connectivity index (χ4n) is 2.28. The summed E-state index contributed by atoms with van der Waals surface area (Å²) in [6.07, 6.45) is 6.72. The summed E-state index contributed by atoms with van der Waals surface area (Å²) in [7, 11) is 0. The van der Waals surface area contributed by atoms with Crippen molar-refractivity contribution in [2.75, 3.05) is 5.32 Å². The lowest BCUT2D eigenvalue weighted by atomic mass is 10.1. The SMILES string of the molecule is CC(C)(C)Nc1c(C2CC=CO2)nc2ccccn12. The summed E-state index contributed by atoms with van der Waals surface area (Å²) in [5.41, 5.74) is 1.90. The van der Waals surface area contributed by atoms with Crippen LogP contribution >= 0.6 is 0 Å². The first-order valence-electron chi connectivity index (χ1n) is 6.60. The average molecular weight is 257 g/mol. The number of hydrogen-bond donors (Lipinski definition) is 1. The monoisotopic (exact) mass is 257 g/mol. The number of ether oxygens (including phenoxy) is 1. The molecule has 1 atom stereocenters. The molecule has 2 aromatic rings. The predicted molar refractivity (Wildman–Crippen MR) is 76.2 cm³/mol. The van der Waals surface area contributed by atoms with E-state index in [-0.39, 0.29) is 11.6 Å². The summed E-state index contributed by atoms with van der Waals surface area (Å²) in [6, 6.07) is 6.03. The Bertz CT molecular complexity index is 614. The lowest BCUT2D eigenvalue weighted by Crippen LogP contribution is -2.27. The van der Waals surface area contributed by atoms with Crippen LogP contribution in [0.1, 0.15) is 39.0 Å². The zero-order valence-corrected chi connectivity index (χ0v) is 11.6. The first-order chi connectivity index (χ1) is 9.04. The largest absolute Gasteiger partial charge is 0.492 e. The van der Waals surface area contributed by atoms with Crippen molar-refractivity contribution in [2.24, 2.45) is 0 Å². The highest BCUT2D eigenvalue weighted by Gasteiger charge is 2.25. The van der Waals surface area contributed by atoms with Gasteiger partial charge >= 0.3 is 0 Å². The van der Waals surface area contributed by atoms with Gasteiger partial charge in [0.1, 0.15) is 23.3 Å². The van der Waals surface area contributed by atoms with E-state index in [1.807, 2.05) is 30.5 Å². The van der Waals surface area contributed by atoms with E-state index in [2.05, 4.69) is 30.5 Å². The van der Waals surface area contributed by atoms with Crippen molar-refractivity contribution in [1.82, 2.24) is 9.38 Å². The molecule has 2 aromatic heterocycles. The summed E-state index contributed by atoms with van der Waals surface area (Å²) in [4.78, 5) is 4.71. The number of nitrogens with one attached hydrogen (secondary N) is 1. The second-order valence-corrected chi connectivity index (χ2v) is 5.88. The van der Waals surface area contributed by atoms with Gasteiger partial charge in [-0.15, -0.1) is 0 Å². The van der Waals surface area contributed by atoms with Gasteiger partial charge in [0, 0.05) is 18.2 Å². The first-order valence-corrected chi connectivity index (χ1v) is 6.60. The lowest BCUT2D eigenvalue weighted by Gasteiger charge is -2.23. The van der Waals surface area contributed by atoms with Gasteiger partial charge in [-0.25, -0.2) is 4.98 Å². The molecule has 4 heteroatoms. The summed E-state index contributed by atoms with van der Waals surface area (Å²) >= 11 is 0. The third-order valence-electron chi connectivity index (χ3n) is 3.04. The lowest BCUT2D eigenvalue weighted by molar-refractivity contribution is 0.170. The molecule has 0 amide bonds. The molecule has 0 aliphatic carbocycles. The third-order valence-corrected chi connectivity index (χ3v) is 3.04. The summed E-state index contributed by atoms with van der Waals surface area (Å²) in [5.74, 6) is 1.02. The fraction of sp³-hybridized carbons (Fsp3) is 0.400. The number of imidazole rings is 1. The van der Waals surface area contributed by atoms with Crippen LogP contribution in [0, 0.1) is 0 Å². The van der Waals surface area contributed by atoms with E-state index < -0.39 is 0 Å². The molecule has 4 nitrogen and oxygen atoms in total. The minimum Gasteiger partial charge on any atom is -0.492 e. The van der Waals surface area contributed by atoms with Crippen LogP contribution < -0.4 is 5.32 Å². The minimum absolute atomic E-state index is 0.0183. The maximum absolute atomic E-state index is 5.63. The predicted octanol–water partition coefficient (Wildman–Crippen LogP) is 3.52. The molecule has 0 saturated heterocycles. The van der Waals surface area contributed by atoms with Gasteiger partial charge in [-0.3, -0.25) is 4.40 Å². The third kappa shape index (κ3) is 2.30. The highest BCUT2D eigenvalue weighted by molar-refractivity contribution is 5.57. The van der Waals surface area contributed by atoms with Crippen molar-refractivity contribution >= 4 is 11.5 Å². The van der Waals surface area contributed by atoms with Crippen molar-refractivity contribution in [3.8, 4) is 0 Å². The molecule has 0 saturated carbocycles. The molecule has 19 heavy (non-hydrogen) atoms. The Hall–Kier alpha value is -1.97. The maximum atomic E-state index is 5.63. The molecule has 0 bridgehead atoms.